The first-order chi connectivity index (χ1) is 11.9. The number of rotatable bonds is 4. The molecule has 1 amide bonds. The Balaban J connectivity index is 1.73. The van der Waals surface area contributed by atoms with Crippen LogP contribution in [0.3, 0.4) is 0 Å². The monoisotopic (exact) mass is 350 g/mol. The zero-order valence-electron chi connectivity index (χ0n) is 14.5. The van der Waals surface area contributed by atoms with Gasteiger partial charge in [-0.05, 0) is 31.0 Å². The van der Waals surface area contributed by atoms with Crippen LogP contribution >= 0.6 is 0 Å². The molecule has 1 atom stereocenters. The standard InChI is InChI=1S/C18H23FN2O4/c1-20-16(22)10-14(17(23)24)18(20)5-7-21(8-6-18)11-12-9-13(19)3-4-15(12)25-2/h3-4,9,14H,5-8,10-11H2,1-2H3,(H,23,24). The lowest BCUT2D eigenvalue weighted by Gasteiger charge is -2.45. The number of likely N-dealkylation sites (tertiary alicyclic amines) is 2. The van der Waals surface area contributed by atoms with Crippen molar-refractivity contribution >= 4 is 11.9 Å². The fraction of sp³-hybridized carbons (Fsp3) is 0.556. The summed E-state index contributed by atoms with van der Waals surface area (Å²) in [4.78, 5) is 27.4. The van der Waals surface area contributed by atoms with Crippen LogP contribution in [0.15, 0.2) is 18.2 Å². The van der Waals surface area contributed by atoms with Gasteiger partial charge in [0, 0.05) is 38.7 Å². The van der Waals surface area contributed by atoms with Gasteiger partial charge in [0.15, 0.2) is 0 Å². The summed E-state index contributed by atoms with van der Waals surface area (Å²) in [6.45, 7) is 1.84. The molecular weight excluding hydrogens is 327 g/mol. The zero-order valence-corrected chi connectivity index (χ0v) is 14.5. The second-order valence-electron chi connectivity index (χ2n) is 6.88. The molecule has 136 valence electrons. The van der Waals surface area contributed by atoms with Crippen LogP contribution in [-0.4, -0.2) is 59.6 Å². The molecule has 0 aliphatic carbocycles. The van der Waals surface area contributed by atoms with Crippen molar-refractivity contribution in [1.82, 2.24) is 9.80 Å². The van der Waals surface area contributed by atoms with Crippen LogP contribution in [-0.2, 0) is 16.1 Å². The number of hydrogen-bond donors (Lipinski definition) is 1. The van der Waals surface area contributed by atoms with Crippen LogP contribution in [0, 0.1) is 11.7 Å². The van der Waals surface area contributed by atoms with E-state index in [0.717, 1.165) is 5.56 Å². The van der Waals surface area contributed by atoms with Crippen molar-refractivity contribution in [3.63, 3.8) is 0 Å². The highest BCUT2D eigenvalue weighted by atomic mass is 19.1. The van der Waals surface area contributed by atoms with Gasteiger partial charge in [0.2, 0.25) is 5.91 Å². The lowest BCUT2D eigenvalue weighted by molar-refractivity contribution is -0.146. The van der Waals surface area contributed by atoms with Crippen molar-refractivity contribution < 1.29 is 23.8 Å². The lowest BCUT2D eigenvalue weighted by Crippen LogP contribution is -2.55. The summed E-state index contributed by atoms with van der Waals surface area (Å²) < 4.78 is 18.8. The van der Waals surface area contributed by atoms with Gasteiger partial charge in [-0.25, -0.2) is 4.39 Å². The summed E-state index contributed by atoms with van der Waals surface area (Å²) in [6, 6.07) is 4.44. The summed E-state index contributed by atoms with van der Waals surface area (Å²) >= 11 is 0. The van der Waals surface area contributed by atoms with E-state index in [9.17, 15) is 19.1 Å². The number of benzene rings is 1. The summed E-state index contributed by atoms with van der Waals surface area (Å²) in [5.74, 6) is -1.34. The van der Waals surface area contributed by atoms with E-state index in [1.807, 2.05) is 0 Å². The Morgan fingerprint density at radius 1 is 1.40 bits per heavy atom. The van der Waals surface area contributed by atoms with E-state index >= 15 is 0 Å². The van der Waals surface area contributed by atoms with Crippen LogP contribution in [0.1, 0.15) is 24.8 Å². The minimum atomic E-state index is -0.905. The van der Waals surface area contributed by atoms with Gasteiger partial charge in [-0.1, -0.05) is 0 Å². The van der Waals surface area contributed by atoms with Crippen LogP contribution in [0.2, 0.25) is 0 Å². The first-order valence-electron chi connectivity index (χ1n) is 8.41. The molecule has 6 nitrogen and oxygen atoms in total. The Morgan fingerprint density at radius 2 is 2.08 bits per heavy atom. The minimum absolute atomic E-state index is 0.0730. The molecule has 0 aromatic heterocycles. The molecule has 2 saturated heterocycles. The molecule has 7 heteroatoms. The van der Waals surface area contributed by atoms with Crippen LogP contribution in [0.4, 0.5) is 4.39 Å². The molecule has 1 unspecified atom stereocenters. The Labute approximate surface area is 146 Å². The molecule has 1 aromatic rings. The molecule has 1 spiro atoms. The number of methoxy groups -OCH3 is 1. The number of aliphatic carboxylic acids is 1. The molecule has 2 aliphatic heterocycles. The maximum atomic E-state index is 13.5. The van der Waals surface area contributed by atoms with E-state index in [-0.39, 0.29) is 18.1 Å². The van der Waals surface area contributed by atoms with Crippen molar-refractivity contribution in [3.8, 4) is 5.75 Å². The number of halogens is 1. The predicted octanol–water partition coefficient (Wildman–Crippen LogP) is 1.73. The highest BCUT2D eigenvalue weighted by Crippen LogP contribution is 2.43. The molecule has 3 rings (SSSR count). The number of carboxylic acids is 1. The molecule has 2 aliphatic rings. The summed E-state index contributed by atoms with van der Waals surface area (Å²) in [6.07, 6.45) is 1.28. The number of piperidine rings is 1. The van der Waals surface area contributed by atoms with E-state index < -0.39 is 17.4 Å². The van der Waals surface area contributed by atoms with Crippen molar-refractivity contribution in [3.05, 3.63) is 29.6 Å². The highest BCUT2D eigenvalue weighted by molar-refractivity contribution is 5.88. The molecular formula is C18H23FN2O4. The fourth-order valence-corrected chi connectivity index (χ4v) is 4.19. The van der Waals surface area contributed by atoms with Crippen LogP contribution < -0.4 is 4.74 Å². The van der Waals surface area contributed by atoms with Gasteiger partial charge < -0.3 is 14.7 Å². The smallest absolute Gasteiger partial charge is 0.309 e. The third kappa shape index (κ3) is 3.08. The van der Waals surface area contributed by atoms with Gasteiger partial charge in [-0.2, -0.15) is 0 Å². The van der Waals surface area contributed by atoms with Crippen molar-refractivity contribution in [2.24, 2.45) is 5.92 Å². The van der Waals surface area contributed by atoms with Gasteiger partial charge in [0.1, 0.15) is 11.6 Å². The summed E-state index contributed by atoms with van der Waals surface area (Å²) in [5.41, 5.74) is 0.162. The fourth-order valence-electron chi connectivity index (χ4n) is 4.19. The maximum Gasteiger partial charge on any atom is 0.309 e. The number of carbonyl (C=O) groups excluding carboxylic acids is 1. The average Bonchev–Trinajstić information content (AvgIpc) is 2.83. The number of ether oxygens (including phenoxy) is 1. The van der Waals surface area contributed by atoms with Crippen molar-refractivity contribution in [1.29, 1.82) is 0 Å². The topological polar surface area (TPSA) is 70.1 Å². The highest BCUT2D eigenvalue weighted by Gasteiger charge is 2.55. The van der Waals surface area contributed by atoms with Gasteiger partial charge >= 0.3 is 5.97 Å². The van der Waals surface area contributed by atoms with E-state index in [2.05, 4.69) is 4.90 Å². The molecule has 2 heterocycles. The molecule has 0 bridgehead atoms. The van der Waals surface area contributed by atoms with E-state index in [4.69, 9.17) is 4.74 Å². The summed E-state index contributed by atoms with van der Waals surface area (Å²) in [5, 5.41) is 9.52. The predicted molar refractivity (Wildman–Crippen MR) is 88.7 cm³/mol. The van der Waals surface area contributed by atoms with Gasteiger partial charge in [-0.3, -0.25) is 14.5 Å². The Hall–Kier alpha value is -2.15. The second-order valence-corrected chi connectivity index (χ2v) is 6.88. The first kappa shape index (κ1) is 17.7. The zero-order chi connectivity index (χ0) is 18.2. The van der Waals surface area contributed by atoms with E-state index in [1.165, 1.54) is 12.1 Å². The molecule has 2 fully saturated rings. The van der Waals surface area contributed by atoms with Gasteiger partial charge in [0.25, 0.3) is 0 Å². The quantitative estimate of drug-likeness (QED) is 0.896. The molecule has 25 heavy (non-hydrogen) atoms. The molecule has 1 aromatic carbocycles. The van der Waals surface area contributed by atoms with Crippen molar-refractivity contribution in [2.45, 2.75) is 31.3 Å². The largest absolute Gasteiger partial charge is 0.496 e. The van der Waals surface area contributed by atoms with Crippen LogP contribution in [0.5, 0.6) is 5.75 Å². The molecule has 1 N–H and O–H groups in total. The lowest BCUT2D eigenvalue weighted by atomic mass is 9.77. The van der Waals surface area contributed by atoms with E-state index in [0.29, 0.717) is 38.2 Å². The third-order valence-electron chi connectivity index (χ3n) is 5.73. The van der Waals surface area contributed by atoms with Gasteiger partial charge in [-0.15, -0.1) is 0 Å². The number of hydrogen-bond acceptors (Lipinski definition) is 4. The van der Waals surface area contributed by atoms with Gasteiger partial charge in [0.05, 0.1) is 18.6 Å². The second kappa shape index (κ2) is 6.63. The molecule has 0 radical (unpaired) electrons. The van der Waals surface area contributed by atoms with Crippen molar-refractivity contribution in [2.75, 3.05) is 27.2 Å². The SMILES string of the molecule is COc1ccc(F)cc1CN1CCC2(CC1)C(C(=O)O)CC(=O)N2C. The molecule has 0 saturated carbocycles. The Morgan fingerprint density at radius 3 is 2.68 bits per heavy atom. The first-order valence-corrected chi connectivity index (χ1v) is 8.41. The number of carboxylic acid groups (broad SMARTS) is 1. The average molecular weight is 350 g/mol. The number of nitrogens with zero attached hydrogens (tertiary/aromatic N) is 2. The Kier molecular flexibility index (Phi) is 4.69. The van der Waals surface area contributed by atoms with E-state index in [1.54, 1.807) is 25.1 Å². The normalized spacial score (nSPS) is 23.2. The van der Waals surface area contributed by atoms with Crippen LogP contribution in [0.25, 0.3) is 0 Å². The number of amides is 1. The third-order valence-corrected chi connectivity index (χ3v) is 5.73. The Bertz CT molecular complexity index is 686. The summed E-state index contributed by atoms with van der Waals surface area (Å²) in [7, 11) is 3.26. The maximum absolute atomic E-state index is 13.5. The minimum Gasteiger partial charge on any atom is -0.496 e. The number of carbonyl (C=O) groups is 2.